The predicted molar refractivity (Wildman–Crippen MR) is 117 cm³/mol. The first-order chi connectivity index (χ1) is 15.1. The highest BCUT2D eigenvalue weighted by molar-refractivity contribution is 5.94. The van der Waals surface area contributed by atoms with Gasteiger partial charge in [0.25, 0.3) is 5.91 Å². The Balaban J connectivity index is 1.58. The molecular formula is C24H31FN2O4. The summed E-state index contributed by atoms with van der Waals surface area (Å²) in [5.74, 6) is -0.912. The van der Waals surface area contributed by atoms with Crippen LogP contribution in [-0.4, -0.2) is 86.1 Å². The van der Waals surface area contributed by atoms with Crippen LogP contribution in [0.2, 0.25) is 0 Å². The summed E-state index contributed by atoms with van der Waals surface area (Å²) in [4.78, 5) is 16.7. The molecule has 3 rings (SSSR count). The van der Waals surface area contributed by atoms with Gasteiger partial charge in [0.2, 0.25) is 0 Å². The summed E-state index contributed by atoms with van der Waals surface area (Å²) in [6, 6.07) is 15.9. The molecule has 1 fully saturated rings. The fourth-order valence-corrected chi connectivity index (χ4v) is 3.83. The van der Waals surface area contributed by atoms with Crippen molar-refractivity contribution in [1.29, 1.82) is 0 Å². The van der Waals surface area contributed by atoms with Gasteiger partial charge in [0, 0.05) is 39.8 Å². The first-order valence-electron chi connectivity index (χ1n) is 10.7. The number of hydrogen-bond donors (Lipinski definition) is 1. The number of aliphatic hydroxyl groups excluding tert-OH is 1. The second-order valence-electron chi connectivity index (χ2n) is 7.82. The summed E-state index contributed by atoms with van der Waals surface area (Å²) in [6.45, 7) is 3.42. The number of morpholine rings is 1. The number of hydrogen-bond acceptors (Lipinski definition) is 5. The lowest BCUT2D eigenvalue weighted by molar-refractivity contribution is -0.0515. The fraction of sp³-hybridized carbons (Fsp3) is 0.458. The van der Waals surface area contributed by atoms with Crippen LogP contribution in [0.15, 0.2) is 54.6 Å². The topological polar surface area (TPSA) is 62.2 Å². The van der Waals surface area contributed by atoms with Crippen LogP contribution in [0.4, 0.5) is 4.39 Å². The monoisotopic (exact) mass is 430 g/mol. The SMILES string of the molecule is COCCN(C[C@H]1CN(C[C@@H](O)Cc2ccccc2)CCO1)C(=O)c1ccccc1F. The molecule has 0 aromatic heterocycles. The van der Waals surface area contributed by atoms with Gasteiger partial charge in [-0.25, -0.2) is 4.39 Å². The maximum absolute atomic E-state index is 14.1. The average Bonchev–Trinajstić information content (AvgIpc) is 2.77. The van der Waals surface area contributed by atoms with E-state index < -0.39 is 11.9 Å². The van der Waals surface area contributed by atoms with Crippen molar-refractivity contribution in [2.45, 2.75) is 18.6 Å². The lowest BCUT2D eigenvalue weighted by Gasteiger charge is -2.36. The number of β-amino-alcohol motifs (C(OH)–C–C–N with tert-alkyl or cyclic N) is 1. The summed E-state index contributed by atoms with van der Waals surface area (Å²) in [7, 11) is 1.57. The molecule has 1 aliphatic heterocycles. The molecule has 2 atom stereocenters. The molecule has 0 saturated carbocycles. The van der Waals surface area contributed by atoms with Crippen LogP contribution in [0.3, 0.4) is 0 Å². The summed E-state index contributed by atoms with van der Waals surface area (Å²) in [6.07, 6.45) is -0.106. The number of benzene rings is 2. The molecule has 1 heterocycles. The van der Waals surface area contributed by atoms with E-state index in [1.807, 2.05) is 30.3 Å². The maximum atomic E-state index is 14.1. The van der Waals surface area contributed by atoms with Gasteiger partial charge in [-0.05, 0) is 24.1 Å². The van der Waals surface area contributed by atoms with Crippen LogP contribution in [-0.2, 0) is 15.9 Å². The van der Waals surface area contributed by atoms with Crippen LogP contribution < -0.4 is 0 Å². The van der Waals surface area contributed by atoms with Crippen molar-refractivity contribution in [3.05, 3.63) is 71.5 Å². The number of halogens is 1. The lowest BCUT2D eigenvalue weighted by atomic mass is 10.1. The normalized spacial score (nSPS) is 18.0. The molecule has 31 heavy (non-hydrogen) atoms. The van der Waals surface area contributed by atoms with Crippen molar-refractivity contribution in [3.63, 3.8) is 0 Å². The third-order valence-corrected chi connectivity index (χ3v) is 5.39. The molecule has 7 heteroatoms. The van der Waals surface area contributed by atoms with Crippen LogP contribution in [0, 0.1) is 5.82 Å². The Hall–Kier alpha value is -2.32. The minimum Gasteiger partial charge on any atom is -0.391 e. The van der Waals surface area contributed by atoms with Gasteiger partial charge in [0.15, 0.2) is 0 Å². The van der Waals surface area contributed by atoms with Gasteiger partial charge in [-0.2, -0.15) is 0 Å². The number of methoxy groups -OCH3 is 1. The van der Waals surface area contributed by atoms with Gasteiger partial charge in [0.05, 0.1) is 31.0 Å². The van der Waals surface area contributed by atoms with Crippen molar-refractivity contribution in [3.8, 4) is 0 Å². The molecule has 0 spiro atoms. The highest BCUT2D eigenvalue weighted by atomic mass is 19.1. The third kappa shape index (κ3) is 7.11. The van der Waals surface area contributed by atoms with Crippen LogP contribution in [0.1, 0.15) is 15.9 Å². The Kier molecular flexibility index (Phi) is 8.97. The van der Waals surface area contributed by atoms with E-state index in [4.69, 9.17) is 9.47 Å². The van der Waals surface area contributed by atoms with Crippen LogP contribution in [0.5, 0.6) is 0 Å². The molecule has 6 nitrogen and oxygen atoms in total. The Morgan fingerprint density at radius 2 is 2.00 bits per heavy atom. The Labute approximate surface area is 183 Å². The first kappa shape index (κ1) is 23.3. The molecular weight excluding hydrogens is 399 g/mol. The van der Waals surface area contributed by atoms with E-state index in [-0.39, 0.29) is 17.6 Å². The zero-order valence-corrected chi connectivity index (χ0v) is 18.0. The minimum atomic E-state index is -0.537. The van der Waals surface area contributed by atoms with E-state index in [9.17, 15) is 14.3 Å². The summed E-state index contributed by atoms with van der Waals surface area (Å²) in [5, 5.41) is 10.5. The molecule has 0 bridgehead atoms. The smallest absolute Gasteiger partial charge is 0.256 e. The Morgan fingerprint density at radius 3 is 2.74 bits per heavy atom. The second-order valence-corrected chi connectivity index (χ2v) is 7.82. The number of nitrogens with zero attached hydrogens (tertiary/aromatic N) is 2. The second kappa shape index (κ2) is 11.9. The number of ether oxygens (including phenoxy) is 2. The minimum absolute atomic E-state index is 0.0459. The van der Waals surface area contributed by atoms with Crippen molar-refractivity contribution >= 4 is 5.91 Å². The van der Waals surface area contributed by atoms with Gasteiger partial charge in [-0.3, -0.25) is 9.69 Å². The largest absolute Gasteiger partial charge is 0.391 e. The zero-order chi connectivity index (χ0) is 22.1. The van der Waals surface area contributed by atoms with Gasteiger partial charge in [-0.1, -0.05) is 42.5 Å². The summed E-state index contributed by atoms with van der Waals surface area (Å²) in [5.41, 5.74) is 1.14. The molecule has 168 valence electrons. The number of aliphatic hydroxyl groups is 1. The van der Waals surface area contributed by atoms with E-state index in [1.165, 1.54) is 12.1 Å². The van der Waals surface area contributed by atoms with Crippen molar-refractivity contribution in [2.75, 3.05) is 53.0 Å². The quantitative estimate of drug-likeness (QED) is 0.626. The summed E-state index contributed by atoms with van der Waals surface area (Å²) >= 11 is 0. The molecule has 2 aromatic carbocycles. The zero-order valence-electron chi connectivity index (χ0n) is 18.0. The average molecular weight is 431 g/mol. The van der Waals surface area contributed by atoms with E-state index in [0.29, 0.717) is 45.8 Å². The van der Waals surface area contributed by atoms with Gasteiger partial charge >= 0.3 is 0 Å². The molecule has 0 radical (unpaired) electrons. The van der Waals surface area contributed by atoms with E-state index >= 15 is 0 Å². The number of carbonyl (C=O) groups is 1. The maximum Gasteiger partial charge on any atom is 0.256 e. The van der Waals surface area contributed by atoms with Crippen LogP contribution in [0.25, 0.3) is 0 Å². The van der Waals surface area contributed by atoms with Crippen LogP contribution >= 0.6 is 0 Å². The van der Waals surface area contributed by atoms with Gasteiger partial charge < -0.3 is 19.5 Å². The standard InChI is InChI=1S/C24H31FN2O4/c1-30-13-12-27(24(29)22-9-5-6-10-23(22)25)18-21-17-26(11-14-31-21)16-20(28)15-19-7-3-2-4-8-19/h2-10,20-21,28H,11-18H2,1H3/t20-,21+/m0/s1. The number of rotatable bonds is 10. The van der Waals surface area contributed by atoms with E-state index in [0.717, 1.165) is 12.1 Å². The Morgan fingerprint density at radius 1 is 1.26 bits per heavy atom. The third-order valence-electron chi connectivity index (χ3n) is 5.39. The molecule has 1 amide bonds. The predicted octanol–water partition coefficient (Wildman–Crippen LogP) is 2.22. The molecule has 2 aromatic rings. The molecule has 0 aliphatic carbocycles. The fourth-order valence-electron chi connectivity index (χ4n) is 3.83. The highest BCUT2D eigenvalue weighted by Crippen LogP contribution is 2.14. The van der Waals surface area contributed by atoms with Gasteiger partial charge in [-0.15, -0.1) is 0 Å². The van der Waals surface area contributed by atoms with Gasteiger partial charge in [0.1, 0.15) is 5.82 Å². The molecule has 0 unspecified atom stereocenters. The molecule has 1 saturated heterocycles. The highest BCUT2D eigenvalue weighted by Gasteiger charge is 2.27. The van der Waals surface area contributed by atoms with Crippen molar-refractivity contribution in [2.24, 2.45) is 0 Å². The van der Waals surface area contributed by atoms with Crippen molar-refractivity contribution < 1.29 is 23.8 Å². The number of carbonyl (C=O) groups excluding carboxylic acids is 1. The van der Waals surface area contributed by atoms with E-state index in [2.05, 4.69) is 4.90 Å². The molecule has 1 aliphatic rings. The number of amides is 1. The van der Waals surface area contributed by atoms with Crippen molar-refractivity contribution in [1.82, 2.24) is 9.80 Å². The molecule has 1 N–H and O–H groups in total. The Bertz CT molecular complexity index is 820. The first-order valence-corrected chi connectivity index (χ1v) is 10.7. The lowest BCUT2D eigenvalue weighted by Crippen LogP contribution is -2.51. The van der Waals surface area contributed by atoms with E-state index in [1.54, 1.807) is 24.1 Å². The summed E-state index contributed by atoms with van der Waals surface area (Å²) < 4.78 is 25.2.